The first-order valence-electron chi connectivity index (χ1n) is 5.78. The van der Waals surface area contributed by atoms with Gasteiger partial charge in [-0.15, -0.1) is 0 Å². The summed E-state index contributed by atoms with van der Waals surface area (Å²) in [6, 6.07) is 5.68. The van der Waals surface area contributed by atoms with Crippen LogP contribution in [0.25, 0.3) is 0 Å². The summed E-state index contributed by atoms with van der Waals surface area (Å²) in [4.78, 5) is 11.5. The van der Waals surface area contributed by atoms with Gasteiger partial charge in [0.05, 0.1) is 0 Å². The first kappa shape index (κ1) is 15.0. The zero-order valence-corrected chi connectivity index (χ0v) is 12.2. The number of amides is 1. The van der Waals surface area contributed by atoms with Crippen molar-refractivity contribution in [1.82, 2.24) is 5.32 Å². The number of methoxy groups -OCH3 is 1. The van der Waals surface area contributed by atoms with Crippen molar-refractivity contribution in [3.8, 4) is 5.75 Å². The van der Waals surface area contributed by atoms with Gasteiger partial charge in [-0.05, 0) is 37.1 Å². The second-order valence-corrected chi connectivity index (χ2v) is 4.81. The van der Waals surface area contributed by atoms with Crippen LogP contribution in [-0.4, -0.2) is 32.8 Å². The number of carbonyl (C=O) groups excluding carboxylic acids is 1. The Hall–Kier alpha value is -1.07. The highest BCUT2D eigenvalue weighted by Crippen LogP contribution is 2.21. The Balaban J connectivity index is 2.29. The van der Waals surface area contributed by atoms with Gasteiger partial charge in [0.1, 0.15) is 5.75 Å². The van der Waals surface area contributed by atoms with E-state index in [1.165, 1.54) is 0 Å². The highest BCUT2D eigenvalue weighted by molar-refractivity contribution is 9.10. The zero-order chi connectivity index (χ0) is 13.4. The molecule has 1 N–H and O–H groups in total. The molecule has 0 fully saturated rings. The molecule has 1 amide bonds. The number of hydrogen-bond donors (Lipinski definition) is 1. The number of nitrogens with one attached hydrogen (secondary N) is 1. The maximum absolute atomic E-state index is 11.5. The molecule has 0 aliphatic carbocycles. The van der Waals surface area contributed by atoms with E-state index in [2.05, 4.69) is 21.2 Å². The molecule has 0 heterocycles. The molecule has 0 saturated heterocycles. The standard InChI is InChI=1S/C13H18BrNO3/c1-10-8-11(14)4-5-12(10)18-9-13(16)15-6-3-7-17-2/h4-5,8H,3,6-7,9H2,1-2H3,(H,15,16). The molecule has 1 rings (SSSR count). The minimum absolute atomic E-state index is 0.0372. The van der Waals surface area contributed by atoms with Crippen molar-refractivity contribution in [1.29, 1.82) is 0 Å². The number of hydrogen-bond acceptors (Lipinski definition) is 3. The third-order valence-corrected chi connectivity index (χ3v) is 2.84. The molecule has 18 heavy (non-hydrogen) atoms. The van der Waals surface area contributed by atoms with Gasteiger partial charge in [0.2, 0.25) is 0 Å². The van der Waals surface area contributed by atoms with Crippen LogP contribution in [0.4, 0.5) is 0 Å². The normalized spacial score (nSPS) is 10.2. The minimum atomic E-state index is -0.117. The molecule has 0 spiro atoms. The van der Waals surface area contributed by atoms with E-state index < -0.39 is 0 Å². The van der Waals surface area contributed by atoms with E-state index in [1.54, 1.807) is 7.11 Å². The Morgan fingerprint density at radius 3 is 2.89 bits per heavy atom. The summed E-state index contributed by atoms with van der Waals surface area (Å²) in [5.41, 5.74) is 0.997. The average molecular weight is 316 g/mol. The maximum atomic E-state index is 11.5. The van der Waals surface area contributed by atoms with Crippen LogP contribution in [-0.2, 0) is 9.53 Å². The average Bonchev–Trinajstić information content (AvgIpc) is 2.33. The molecule has 0 bridgehead atoms. The lowest BCUT2D eigenvalue weighted by molar-refractivity contribution is -0.123. The summed E-state index contributed by atoms with van der Waals surface area (Å²) in [5, 5.41) is 2.77. The first-order chi connectivity index (χ1) is 8.63. The number of carbonyl (C=O) groups is 1. The second kappa shape index (κ2) is 8.11. The van der Waals surface area contributed by atoms with Gasteiger partial charge in [-0.2, -0.15) is 0 Å². The quantitative estimate of drug-likeness (QED) is 0.785. The summed E-state index contributed by atoms with van der Waals surface area (Å²) >= 11 is 3.38. The lowest BCUT2D eigenvalue weighted by atomic mass is 10.2. The first-order valence-corrected chi connectivity index (χ1v) is 6.57. The fourth-order valence-electron chi connectivity index (χ4n) is 1.41. The highest BCUT2D eigenvalue weighted by Gasteiger charge is 2.04. The maximum Gasteiger partial charge on any atom is 0.257 e. The van der Waals surface area contributed by atoms with Gasteiger partial charge < -0.3 is 14.8 Å². The molecule has 0 radical (unpaired) electrons. The number of ether oxygens (including phenoxy) is 2. The molecular formula is C13H18BrNO3. The molecule has 100 valence electrons. The molecule has 0 aromatic heterocycles. The Bertz CT molecular complexity index is 396. The molecule has 0 saturated carbocycles. The van der Waals surface area contributed by atoms with E-state index in [0.717, 1.165) is 22.2 Å². The van der Waals surface area contributed by atoms with E-state index in [9.17, 15) is 4.79 Å². The van der Waals surface area contributed by atoms with Crippen molar-refractivity contribution < 1.29 is 14.3 Å². The SMILES string of the molecule is COCCCNC(=O)COc1ccc(Br)cc1C. The van der Waals surface area contributed by atoms with Crippen molar-refractivity contribution in [2.45, 2.75) is 13.3 Å². The van der Waals surface area contributed by atoms with Gasteiger partial charge >= 0.3 is 0 Å². The van der Waals surface area contributed by atoms with Gasteiger partial charge in [-0.1, -0.05) is 15.9 Å². The van der Waals surface area contributed by atoms with Gasteiger partial charge in [-0.25, -0.2) is 0 Å². The number of halogens is 1. The van der Waals surface area contributed by atoms with Crippen molar-refractivity contribution in [2.24, 2.45) is 0 Å². The van der Waals surface area contributed by atoms with Crippen LogP contribution >= 0.6 is 15.9 Å². The number of aryl methyl sites for hydroxylation is 1. The molecule has 1 aromatic carbocycles. The van der Waals surface area contributed by atoms with Gasteiger partial charge in [0, 0.05) is 24.7 Å². The van der Waals surface area contributed by atoms with Crippen LogP contribution < -0.4 is 10.1 Å². The van der Waals surface area contributed by atoms with Crippen LogP contribution in [0.2, 0.25) is 0 Å². The molecule has 1 aromatic rings. The van der Waals surface area contributed by atoms with Crippen molar-refractivity contribution >= 4 is 21.8 Å². The Morgan fingerprint density at radius 2 is 2.22 bits per heavy atom. The van der Waals surface area contributed by atoms with Crippen molar-refractivity contribution in [3.05, 3.63) is 28.2 Å². The number of benzene rings is 1. The summed E-state index contributed by atoms with van der Waals surface area (Å²) in [6.07, 6.45) is 0.805. The smallest absolute Gasteiger partial charge is 0.257 e. The topological polar surface area (TPSA) is 47.6 Å². The molecule has 4 nitrogen and oxygen atoms in total. The molecule has 0 aliphatic heterocycles. The minimum Gasteiger partial charge on any atom is -0.484 e. The highest BCUT2D eigenvalue weighted by atomic mass is 79.9. The molecule has 0 unspecified atom stereocenters. The second-order valence-electron chi connectivity index (χ2n) is 3.89. The fraction of sp³-hybridized carbons (Fsp3) is 0.462. The van der Waals surface area contributed by atoms with Crippen molar-refractivity contribution in [3.63, 3.8) is 0 Å². The zero-order valence-electron chi connectivity index (χ0n) is 10.7. The summed E-state index contributed by atoms with van der Waals surface area (Å²) in [6.45, 7) is 3.23. The summed E-state index contributed by atoms with van der Waals surface area (Å²) in [5.74, 6) is 0.610. The molecule has 0 aliphatic rings. The molecule has 5 heteroatoms. The Morgan fingerprint density at radius 1 is 1.44 bits per heavy atom. The van der Waals surface area contributed by atoms with Gasteiger partial charge in [0.25, 0.3) is 5.91 Å². The van der Waals surface area contributed by atoms with Crippen LogP contribution in [0.5, 0.6) is 5.75 Å². The predicted molar refractivity (Wildman–Crippen MR) is 73.9 cm³/mol. The van der Waals surface area contributed by atoms with Crippen LogP contribution in [0.3, 0.4) is 0 Å². The van der Waals surface area contributed by atoms with E-state index in [-0.39, 0.29) is 12.5 Å². The molecular weight excluding hydrogens is 298 g/mol. The largest absolute Gasteiger partial charge is 0.484 e. The van der Waals surface area contributed by atoms with E-state index in [4.69, 9.17) is 9.47 Å². The van der Waals surface area contributed by atoms with Crippen LogP contribution in [0, 0.1) is 6.92 Å². The summed E-state index contributed by atoms with van der Waals surface area (Å²) in [7, 11) is 1.64. The fourth-order valence-corrected chi connectivity index (χ4v) is 1.89. The monoisotopic (exact) mass is 315 g/mol. The lowest BCUT2D eigenvalue weighted by Crippen LogP contribution is -2.30. The molecule has 0 atom stereocenters. The van der Waals surface area contributed by atoms with Crippen LogP contribution in [0.1, 0.15) is 12.0 Å². The van der Waals surface area contributed by atoms with Crippen LogP contribution in [0.15, 0.2) is 22.7 Å². The van der Waals surface area contributed by atoms with E-state index >= 15 is 0 Å². The predicted octanol–water partition coefficient (Wildman–Crippen LogP) is 2.29. The number of rotatable bonds is 7. The van der Waals surface area contributed by atoms with Gasteiger partial charge in [-0.3, -0.25) is 4.79 Å². The Kier molecular flexibility index (Phi) is 6.75. The Labute approximate surface area is 116 Å². The van der Waals surface area contributed by atoms with E-state index in [0.29, 0.717) is 13.2 Å². The van der Waals surface area contributed by atoms with Crippen molar-refractivity contribution in [2.75, 3.05) is 26.9 Å². The van der Waals surface area contributed by atoms with E-state index in [1.807, 2.05) is 25.1 Å². The third kappa shape index (κ3) is 5.51. The third-order valence-electron chi connectivity index (χ3n) is 2.34. The summed E-state index contributed by atoms with van der Waals surface area (Å²) < 4.78 is 11.3. The van der Waals surface area contributed by atoms with Gasteiger partial charge in [0.15, 0.2) is 6.61 Å². The lowest BCUT2D eigenvalue weighted by Gasteiger charge is -2.09.